The molecule has 4 nitrogen and oxygen atoms in total. The molecule has 17 heavy (non-hydrogen) atoms. The summed E-state index contributed by atoms with van der Waals surface area (Å²) in [5, 5.41) is 1.18. The predicted molar refractivity (Wildman–Crippen MR) is 69.8 cm³/mol. The van der Waals surface area contributed by atoms with Gasteiger partial charge in [0.1, 0.15) is 0 Å². The monoisotopic (exact) mass is 234 g/mol. The number of rotatable bonds is 1. The van der Waals surface area contributed by atoms with E-state index in [1.807, 2.05) is 25.1 Å². The van der Waals surface area contributed by atoms with Gasteiger partial charge < -0.3 is 15.5 Å². The minimum atomic E-state index is -0.211. The third kappa shape index (κ3) is 4.18. The molecular formula is C13H18N2O2. The number of nitrogen functional groups attached to an aromatic ring is 1. The molecule has 0 fully saturated rings. The molecule has 0 aliphatic rings. The van der Waals surface area contributed by atoms with E-state index < -0.39 is 0 Å². The van der Waals surface area contributed by atoms with Gasteiger partial charge in [0, 0.05) is 29.2 Å². The van der Waals surface area contributed by atoms with Crippen molar-refractivity contribution in [2.24, 2.45) is 0 Å². The van der Waals surface area contributed by atoms with Crippen molar-refractivity contribution >= 4 is 22.6 Å². The Morgan fingerprint density at radius 1 is 1.41 bits per heavy atom. The van der Waals surface area contributed by atoms with Crippen molar-refractivity contribution in [3.05, 3.63) is 30.0 Å². The molecule has 0 spiro atoms. The number of carbonyl (C=O) groups excluding carboxylic acids is 1. The van der Waals surface area contributed by atoms with E-state index in [1.165, 1.54) is 18.0 Å². The summed E-state index contributed by atoms with van der Waals surface area (Å²) >= 11 is 0. The van der Waals surface area contributed by atoms with Gasteiger partial charge in [-0.05, 0) is 38.1 Å². The molecule has 2 rings (SSSR count). The van der Waals surface area contributed by atoms with Crippen LogP contribution in [0.1, 0.15) is 19.5 Å². The molecule has 0 unspecified atom stereocenters. The lowest BCUT2D eigenvalue weighted by atomic mass is 10.2. The van der Waals surface area contributed by atoms with E-state index in [4.69, 9.17) is 5.73 Å². The van der Waals surface area contributed by atoms with Gasteiger partial charge in [-0.15, -0.1) is 0 Å². The molecule has 0 aliphatic heterocycles. The molecule has 0 saturated carbocycles. The molecule has 3 N–H and O–H groups in total. The Balaban J connectivity index is 0.000000209. The molecule has 0 saturated heterocycles. The number of aromatic nitrogens is 1. The average molecular weight is 234 g/mol. The van der Waals surface area contributed by atoms with Gasteiger partial charge in [0.2, 0.25) is 0 Å². The zero-order chi connectivity index (χ0) is 12.8. The number of aryl methyl sites for hydroxylation is 1. The minimum absolute atomic E-state index is 0.211. The third-order valence-corrected chi connectivity index (χ3v) is 2.13. The molecule has 0 atom stereocenters. The smallest absolute Gasteiger partial charge is 0.302 e. The fraction of sp³-hybridized carbons (Fsp3) is 0.308. The first-order chi connectivity index (χ1) is 8.02. The second-order valence-electron chi connectivity index (χ2n) is 3.72. The van der Waals surface area contributed by atoms with Crippen LogP contribution in [0, 0.1) is 6.92 Å². The maximum atomic E-state index is 9.82. The van der Waals surface area contributed by atoms with Gasteiger partial charge in [0.25, 0.3) is 0 Å². The Labute approximate surface area is 101 Å². The summed E-state index contributed by atoms with van der Waals surface area (Å²) in [5.41, 5.74) is 8.76. The zero-order valence-corrected chi connectivity index (χ0v) is 10.4. The van der Waals surface area contributed by atoms with E-state index in [9.17, 15) is 4.79 Å². The highest BCUT2D eigenvalue weighted by Crippen LogP contribution is 2.17. The van der Waals surface area contributed by atoms with Gasteiger partial charge in [0.05, 0.1) is 6.61 Å². The molecule has 1 aromatic heterocycles. The Hall–Kier alpha value is -1.97. The van der Waals surface area contributed by atoms with Gasteiger partial charge in [-0.25, -0.2) is 0 Å². The first kappa shape index (κ1) is 13.1. The Morgan fingerprint density at radius 3 is 2.65 bits per heavy atom. The molecule has 0 radical (unpaired) electrons. The molecular weight excluding hydrogens is 216 g/mol. The predicted octanol–water partition coefficient (Wildman–Crippen LogP) is 2.63. The SMILES string of the molecule is CCOC(C)=O.Cc1cc2cc(N)ccc2[nH]1. The maximum absolute atomic E-state index is 9.82. The number of nitrogens with one attached hydrogen (secondary N) is 1. The summed E-state index contributed by atoms with van der Waals surface area (Å²) in [5.74, 6) is -0.211. The number of ether oxygens (including phenoxy) is 1. The highest BCUT2D eigenvalue weighted by atomic mass is 16.5. The fourth-order valence-corrected chi connectivity index (χ4v) is 1.50. The number of carbonyl (C=O) groups is 1. The summed E-state index contributed by atoms with van der Waals surface area (Å²) in [6.45, 7) is 5.69. The van der Waals surface area contributed by atoms with Crippen LogP contribution in [0.15, 0.2) is 24.3 Å². The first-order valence-corrected chi connectivity index (χ1v) is 5.51. The lowest BCUT2D eigenvalue weighted by Gasteiger charge is -1.90. The minimum Gasteiger partial charge on any atom is -0.466 e. The Morgan fingerprint density at radius 2 is 2.12 bits per heavy atom. The summed E-state index contributed by atoms with van der Waals surface area (Å²) in [6, 6.07) is 7.96. The number of hydrogen-bond acceptors (Lipinski definition) is 3. The van der Waals surface area contributed by atoms with Crippen molar-refractivity contribution in [1.82, 2.24) is 4.98 Å². The summed E-state index contributed by atoms with van der Waals surface area (Å²) < 4.78 is 4.40. The standard InChI is InChI=1S/C9H10N2.C4H8O2/c1-6-4-7-5-8(10)2-3-9(7)11-6;1-3-6-4(2)5/h2-5,11H,10H2,1H3;3H2,1-2H3. The van der Waals surface area contributed by atoms with Crippen molar-refractivity contribution in [2.75, 3.05) is 12.3 Å². The molecule has 4 heteroatoms. The van der Waals surface area contributed by atoms with E-state index in [-0.39, 0.29) is 5.97 Å². The number of H-pyrrole nitrogens is 1. The normalized spacial score (nSPS) is 9.59. The summed E-state index contributed by atoms with van der Waals surface area (Å²) in [6.07, 6.45) is 0. The lowest BCUT2D eigenvalue weighted by molar-refractivity contribution is -0.140. The van der Waals surface area contributed by atoms with Crippen LogP contribution in [-0.4, -0.2) is 17.6 Å². The molecule has 1 aromatic carbocycles. The molecule has 0 aliphatic carbocycles. The van der Waals surface area contributed by atoms with Crippen molar-refractivity contribution in [1.29, 1.82) is 0 Å². The second-order valence-corrected chi connectivity index (χ2v) is 3.72. The maximum Gasteiger partial charge on any atom is 0.302 e. The van der Waals surface area contributed by atoms with Gasteiger partial charge in [-0.3, -0.25) is 4.79 Å². The van der Waals surface area contributed by atoms with Crippen molar-refractivity contribution in [2.45, 2.75) is 20.8 Å². The quantitative estimate of drug-likeness (QED) is 0.588. The molecule has 1 heterocycles. The topological polar surface area (TPSA) is 68.1 Å². The van der Waals surface area contributed by atoms with E-state index in [0.717, 1.165) is 11.2 Å². The number of aromatic amines is 1. The Kier molecular flexibility index (Phi) is 4.57. The van der Waals surface area contributed by atoms with Crippen LogP contribution in [-0.2, 0) is 9.53 Å². The van der Waals surface area contributed by atoms with E-state index in [0.29, 0.717) is 6.61 Å². The second kappa shape index (κ2) is 5.94. The van der Waals surface area contributed by atoms with Crippen molar-refractivity contribution < 1.29 is 9.53 Å². The average Bonchev–Trinajstić information content (AvgIpc) is 2.58. The first-order valence-electron chi connectivity index (χ1n) is 5.51. The number of hydrogen-bond donors (Lipinski definition) is 2. The number of fused-ring (bicyclic) bond motifs is 1. The van der Waals surface area contributed by atoms with Crippen LogP contribution in [0.5, 0.6) is 0 Å². The third-order valence-electron chi connectivity index (χ3n) is 2.13. The molecule has 0 bridgehead atoms. The largest absolute Gasteiger partial charge is 0.466 e. The van der Waals surface area contributed by atoms with Crippen molar-refractivity contribution in [3.63, 3.8) is 0 Å². The lowest BCUT2D eigenvalue weighted by Crippen LogP contribution is -1.95. The van der Waals surface area contributed by atoms with Crippen molar-refractivity contribution in [3.8, 4) is 0 Å². The van der Waals surface area contributed by atoms with Crippen LogP contribution in [0.25, 0.3) is 10.9 Å². The van der Waals surface area contributed by atoms with E-state index in [2.05, 4.69) is 15.8 Å². The molecule has 92 valence electrons. The molecule has 2 aromatic rings. The van der Waals surface area contributed by atoms with Gasteiger partial charge in [0.15, 0.2) is 0 Å². The van der Waals surface area contributed by atoms with Crippen LogP contribution in [0.4, 0.5) is 5.69 Å². The number of benzene rings is 1. The summed E-state index contributed by atoms with van der Waals surface area (Å²) in [4.78, 5) is 13.1. The van der Waals surface area contributed by atoms with E-state index >= 15 is 0 Å². The highest BCUT2D eigenvalue weighted by Gasteiger charge is 1.95. The van der Waals surface area contributed by atoms with Crippen LogP contribution in [0.2, 0.25) is 0 Å². The van der Waals surface area contributed by atoms with E-state index in [1.54, 1.807) is 6.92 Å². The van der Waals surface area contributed by atoms with Gasteiger partial charge in [-0.1, -0.05) is 0 Å². The van der Waals surface area contributed by atoms with Crippen LogP contribution >= 0.6 is 0 Å². The molecule has 0 amide bonds. The number of anilines is 1. The van der Waals surface area contributed by atoms with Gasteiger partial charge in [-0.2, -0.15) is 0 Å². The summed E-state index contributed by atoms with van der Waals surface area (Å²) in [7, 11) is 0. The Bertz CT molecular complexity index is 503. The zero-order valence-electron chi connectivity index (χ0n) is 10.4. The highest BCUT2D eigenvalue weighted by molar-refractivity contribution is 5.83. The van der Waals surface area contributed by atoms with Crippen LogP contribution in [0.3, 0.4) is 0 Å². The number of nitrogens with two attached hydrogens (primary N) is 1. The van der Waals surface area contributed by atoms with Gasteiger partial charge >= 0.3 is 5.97 Å². The fourth-order valence-electron chi connectivity index (χ4n) is 1.50. The van der Waals surface area contributed by atoms with Crippen LogP contribution < -0.4 is 5.73 Å². The number of esters is 1.